The number of carbonyl (C=O) groups is 2. The molecule has 0 aromatic heterocycles. The number of phenols is 1. The number of hydrazone groups is 1. The number of rotatable bonds is 5. The van der Waals surface area contributed by atoms with Crippen molar-refractivity contribution in [1.29, 1.82) is 0 Å². The van der Waals surface area contributed by atoms with Crippen LogP contribution in [0.15, 0.2) is 71.8 Å². The Morgan fingerprint density at radius 3 is 2.33 bits per heavy atom. The summed E-state index contributed by atoms with van der Waals surface area (Å²) >= 11 is 11.9. The van der Waals surface area contributed by atoms with E-state index >= 15 is 0 Å². The molecule has 0 saturated carbocycles. The van der Waals surface area contributed by atoms with E-state index in [1.165, 1.54) is 30.3 Å². The van der Waals surface area contributed by atoms with Crippen LogP contribution in [0.2, 0.25) is 10.0 Å². The van der Waals surface area contributed by atoms with Gasteiger partial charge in [-0.1, -0.05) is 35.3 Å². The zero-order valence-corrected chi connectivity index (χ0v) is 17.3. The highest BCUT2D eigenvalue weighted by Gasteiger charge is 2.12. The molecule has 3 aromatic carbocycles. The van der Waals surface area contributed by atoms with Crippen LogP contribution in [0.25, 0.3) is 0 Å². The fourth-order valence-corrected chi connectivity index (χ4v) is 3.06. The minimum Gasteiger partial charge on any atom is -0.508 e. The highest BCUT2D eigenvalue weighted by Crippen LogP contribution is 2.22. The lowest BCUT2D eigenvalue weighted by atomic mass is 10.1. The zero-order valence-electron chi connectivity index (χ0n) is 15.8. The van der Waals surface area contributed by atoms with Gasteiger partial charge in [-0.2, -0.15) is 5.10 Å². The van der Waals surface area contributed by atoms with E-state index in [-0.39, 0.29) is 16.7 Å². The molecule has 0 atom stereocenters. The van der Waals surface area contributed by atoms with Crippen LogP contribution in [-0.4, -0.2) is 22.6 Å². The number of amides is 2. The molecule has 2 amide bonds. The number of benzene rings is 3. The quantitative estimate of drug-likeness (QED) is 0.379. The van der Waals surface area contributed by atoms with Crippen molar-refractivity contribution in [2.24, 2.45) is 5.10 Å². The average molecular weight is 442 g/mol. The van der Waals surface area contributed by atoms with Crippen LogP contribution < -0.4 is 10.7 Å². The lowest BCUT2D eigenvalue weighted by Gasteiger charge is -2.09. The summed E-state index contributed by atoms with van der Waals surface area (Å²) in [4.78, 5) is 24.6. The minimum atomic E-state index is -0.406. The Kier molecular flexibility index (Phi) is 6.72. The molecule has 8 heteroatoms. The monoisotopic (exact) mass is 441 g/mol. The van der Waals surface area contributed by atoms with E-state index in [9.17, 15) is 14.7 Å². The molecule has 0 aliphatic heterocycles. The second-order valence-electron chi connectivity index (χ2n) is 6.34. The van der Waals surface area contributed by atoms with Crippen molar-refractivity contribution in [3.8, 4) is 5.75 Å². The molecule has 0 aliphatic carbocycles. The second kappa shape index (κ2) is 9.43. The van der Waals surface area contributed by atoms with Gasteiger partial charge in [-0.25, -0.2) is 5.43 Å². The van der Waals surface area contributed by atoms with Gasteiger partial charge in [0, 0.05) is 16.3 Å². The topological polar surface area (TPSA) is 90.8 Å². The number of nitrogens with zero attached hydrogens (tertiary/aromatic N) is 1. The third-order valence-electron chi connectivity index (χ3n) is 4.17. The predicted molar refractivity (Wildman–Crippen MR) is 119 cm³/mol. The summed E-state index contributed by atoms with van der Waals surface area (Å²) in [6, 6.07) is 17.5. The standard InChI is InChI=1S/C22H17Cl2N3O3/c1-13(26-27-21(29)14-5-8-18(28)9-6-14)15-3-2-4-17(11-15)25-22(30)19-10-7-16(23)12-20(19)24/h2-12,28H,1H3,(H,25,30)(H,27,29)/b26-13+. The number of hydrogen-bond acceptors (Lipinski definition) is 4. The van der Waals surface area contributed by atoms with E-state index in [0.29, 0.717) is 33.1 Å². The number of aromatic hydroxyl groups is 1. The summed E-state index contributed by atoms with van der Waals surface area (Å²) in [5.41, 5.74) is 4.93. The van der Waals surface area contributed by atoms with Crippen LogP contribution in [0.5, 0.6) is 5.75 Å². The molecule has 3 aromatic rings. The lowest BCUT2D eigenvalue weighted by molar-refractivity contribution is 0.0954. The van der Waals surface area contributed by atoms with Crippen molar-refractivity contribution >= 4 is 46.4 Å². The van der Waals surface area contributed by atoms with Gasteiger partial charge in [0.15, 0.2) is 0 Å². The fraction of sp³-hybridized carbons (Fsp3) is 0.0455. The maximum absolute atomic E-state index is 12.5. The molecule has 0 spiro atoms. The fourth-order valence-electron chi connectivity index (χ4n) is 2.57. The molecule has 0 unspecified atom stereocenters. The number of nitrogens with one attached hydrogen (secondary N) is 2. The van der Waals surface area contributed by atoms with Crippen molar-refractivity contribution in [3.63, 3.8) is 0 Å². The van der Waals surface area contributed by atoms with Gasteiger partial charge in [0.25, 0.3) is 11.8 Å². The Labute approximate surface area is 183 Å². The van der Waals surface area contributed by atoms with Crippen LogP contribution in [0, 0.1) is 0 Å². The van der Waals surface area contributed by atoms with Gasteiger partial charge in [-0.3, -0.25) is 9.59 Å². The smallest absolute Gasteiger partial charge is 0.271 e. The Hall–Kier alpha value is -3.35. The molecular formula is C22H17Cl2N3O3. The van der Waals surface area contributed by atoms with Crippen molar-refractivity contribution in [3.05, 3.63) is 93.5 Å². The first kappa shape index (κ1) is 21.4. The van der Waals surface area contributed by atoms with Crippen molar-refractivity contribution < 1.29 is 14.7 Å². The number of phenolic OH excluding ortho intramolecular Hbond substituents is 1. The van der Waals surface area contributed by atoms with Gasteiger partial charge in [0.05, 0.1) is 16.3 Å². The van der Waals surface area contributed by atoms with Gasteiger partial charge in [0.1, 0.15) is 5.75 Å². The summed E-state index contributed by atoms with van der Waals surface area (Å²) in [7, 11) is 0. The number of anilines is 1. The van der Waals surface area contributed by atoms with E-state index in [1.807, 2.05) is 0 Å². The zero-order chi connectivity index (χ0) is 21.7. The molecule has 152 valence electrons. The Bertz CT molecular complexity index is 1130. The third kappa shape index (κ3) is 5.37. The van der Waals surface area contributed by atoms with Gasteiger partial charge in [0.2, 0.25) is 0 Å². The van der Waals surface area contributed by atoms with Crippen LogP contribution in [0.1, 0.15) is 33.2 Å². The highest BCUT2D eigenvalue weighted by molar-refractivity contribution is 6.37. The van der Waals surface area contributed by atoms with Gasteiger partial charge in [-0.05, 0) is 67.1 Å². The third-order valence-corrected chi connectivity index (χ3v) is 4.72. The Morgan fingerprint density at radius 2 is 1.63 bits per heavy atom. The summed E-state index contributed by atoms with van der Waals surface area (Å²) in [6.45, 7) is 1.73. The van der Waals surface area contributed by atoms with Crippen molar-refractivity contribution in [1.82, 2.24) is 5.43 Å². The van der Waals surface area contributed by atoms with E-state index < -0.39 is 5.91 Å². The van der Waals surface area contributed by atoms with Gasteiger partial charge >= 0.3 is 0 Å². The first-order chi connectivity index (χ1) is 14.3. The molecule has 3 N–H and O–H groups in total. The van der Waals surface area contributed by atoms with Crippen LogP contribution >= 0.6 is 23.2 Å². The maximum Gasteiger partial charge on any atom is 0.271 e. The highest BCUT2D eigenvalue weighted by atomic mass is 35.5. The van der Waals surface area contributed by atoms with Gasteiger partial charge in [-0.15, -0.1) is 0 Å². The van der Waals surface area contributed by atoms with E-state index in [4.69, 9.17) is 23.2 Å². The number of carbonyl (C=O) groups excluding carboxylic acids is 2. The molecule has 0 heterocycles. The lowest BCUT2D eigenvalue weighted by Crippen LogP contribution is -2.19. The Morgan fingerprint density at radius 1 is 0.900 bits per heavy atom. The summed E-state index contributed by atoms with van der Waals surface area (Å²) < 4.78 is 0. The predicted octanol–water partition coefficient (Wildman–Crippen LogP) is 5.11. The van der Waals surface area contributed by atoms with Crippen molar-refractivity contribution in [2.75, 3.05) is 5.32 Å². The number of hydrogen-bond donors (Lipinski definition) is 3. The molecule has 0 fully saturated rings. The summed E-state index contributed by atoms with van der Waals surface area (Å²) in [5.74, 6) is -0.704. The van der Waals surface area contributed by atoms with Crippen LogP contribution in [0.4, 0.5) is 5.69 Å². The molecule has 3 rings (SSSR count). The second-order valence-corrected chi connectivity index (χ2v) is 7.19. The molecule has 6 nitrogen and oxygen atoms in total. The molecule has 0 radical (unpaired) electrons. The van der Waals surface area contributed by atoms with E-state index in [0.717, 1.165) is 0 Å². The molecular weight excluding hydrogens is 425 g/mol. The number of halogens is 2. The normalized spacial score (nSPS) is 11.1. The van der Waals surface area contributed by atoms with Crippen molar-refractivity contribution in [2.45, 2.75) is 6.92 Å². The van der Waals surface area contributed by atoms with E-state index in [1.54, 1.807) is 43.3 Å². The maximum atomic E-state index is 12.5. The van der Waals surface area contributed by atoms with Crippen LogP contribution in [0.3, 0.4) is 0 Å². The molecule has 0 saturated heterocycles. The van der Waals surface area contributed by atoms with E-state index in [2.05, 4.69) is 15.8 Å². The molecule has 30 heavy (non-hydrogen) atoms. The first-order valence-corrected chi connectivity index (χ1v) is 9.59. The summed E-state index contributed by atoms with van der Waals surface area (Å²) in [5, 5.41) is 16.9. The van der Waals surface area contributed by atoms with Crippen LogP contribution in [-0.2, 0) is 0 Å². The summed E-state index contributed by atoms with van der Waals surface area (Å²) in [6.07, 6.45) is 0. The SMILES string of the molecule is C/C(=N\NC(=O)c1ccc(O)cc1)c1cccc(NC(=O)c2ccc(Cl)cc2Cl)c1. The van der Waals surface area contributed by atoms with Gasteiger partial charge < -0.3 is 10.4 Å². The molecule has 0 bridgehead atoms. The minimum absolute atomic E-state index is 0.0741. The largest absolute Gasteiger partial charge is 0.508 e. The average Bonchev–Trinajstić information content (AvgIpc) is 2.72. The molecule has 0 aliphatic rings. The first-order valence-electron chi connectivity index (χ1n) is 8.84. The Balaban J connectivity index is 1.70.